The van der Waals surface area contributed by atoms with E-state index in [4.69, 9.17) is 9.52 Å². The molecule has 0 aliphatic rings. The van der Waals surface area contributed by atoms with Gasteiger partial charge < -0.3 is 14.8 Å². The molecule has 0 saturated carbocycles. The molecule has 0 aliphatic carbocycles. The average molecular weight is 294 g/mol. The summed E-state index contributed by atoms with van der Waals surface area (Å²) in [5.41, 5.74) is 0. The molecular formula is C8H8BrNO4S. The van der Waals surface area contributed by atoms with Gasteiger partial charge in [-0.15, -0.1) is 0 Å². The molecular weight excluding hydrogens is 286 g/mol. The number of hydrogen-bond acceptors (Lipinski definition) is 4. The number of rotatable bonds is 4. The minimum atomic E-state index is -1.14. The Balaban J connectivity index is 2.66. The number of hydrogen-bond donors (Lipinski definition) is 3. The molecule has 1 amide bonds. The third-order valence-corrected chi connectivity index (χ3v) is 2.37. The molecule has 1 aromatic rings. The highest BCUT2D eigenvalue weighted by molar-refractivity contribution is 9.10. The first-order chi connectivity index (χ1) is 7.04. The topological polar surface area (TPSA) is 79.5 Å². The SMILES string of the molecule is O=C(NC(CS)C(=O)O)c1ccc(Br)o1. The van der Waals surface area contributed by atoms with Gasteiger partial charge in [0.2, 0.25) is 0 Å². The molecule has 0 radical (unpaired) electrons. The lowest BCUT2D eigenvalue weighted by atomic mass is 10.3. The second-order valence-corrected chi connectivity index (χ2v) is 3.80. The number of furan rings is 1. The highest BCUT2D eigenvalue weighted by Crippen LogP contribution is 2.13. The highest BCUT2D eigenvalue weighted by atomic mass is 79.9. The molecule has 1 rings (SSSR count). The standard InChI is InChI=1S/C8H8BrNO4S/c9-6-2-1-5(14-6)7(11)10-4(3-15)8(12)13/h1-2,4,15H,3H2,(H,10,11)(H,12,13). The Labute approximate surface area is 99.4 Å². The number of amides is 1. The summed E-state index contributed by atoms with van der Waals surface area (Å²) in [6.07, 6.45) is 0. The van der Waals surface area contributed by atoms with E-state index in [1.54, 1.807) is 6.07 Å². The molecule has 1 aromatic heterocycles. The van der Waals surface area contributed by atoms with Crippen molar-refractivity contribution < 1.29 is 19.1 Å². The van der Waals surface area contributed by atoms with Crippen molar-refractivity contribution >= 4 is 40.4 Å². The van der Waals surface area contributed by atoms with Crippen molar-refractivity contribution in [2.75, 3.05) is 5.75 Å². The summed E-state index contributed by atoms with van der Waals surface area (Å²) in [5, 5.41) is 10.9. The van der Waals surface area contributed by atoms with E-state index >= 15 is 0 Å². The largest absolute Gasteiger partial charge is 0.480 e. The zero-order chi connectivity index (χ0) is 11.4. The number of halogens is 1. The van der Waals surface area contributed by atoms with Gasteiger partial charge in [0.05, 0.1) is 0 Å². The zero-order valence-electron chi connectivity index (χ0n) is 7.44. The van der Waals surface area contributed by atoms with Gasteiger partial charge in [-0.25, -0.2) is 4.79 Å². The maximum absolute atomic E-state index is 11.4. The lowest BCUT2D eigenvalue weighted by Crippen LogP contribution is -2.41. The van der Waals surface area contributed by atoms with E-state index in [2.05, 4.69) is 33.9 Å². The van der Waals surface area contributed by atoms with E-state index < -0.39 is 17.9 Å². The van der Waals surface area contributed by atoms with Crippen LogP contribution in [0.1, 0.15) is 10.6 Å². The van der Waals surface area contributed by atoms with Crippen LogP contribution < -0.4 is 5.32 Å². The maximum Gasteiger partial charge on any atom is 0.327 e. The van der Waals surface area contributed by atoms with Crippen LogP contribution in [-0.4, -0.2) is 28.8 Å². The van der Waals surface area contributed by atoms with Crippen LogP contribution in [-0.2, 0) is 4.79 Å². The highest BCUT2D eigenvalue weighted by Gasteiger charge is 2.20. The minimum Gasteiger partial charge on any atom is -0.480 e. The fourth-order valence-corrected chi connectivity index (χ4v) is 1.41. The third kappa shape index (κ3) is 3.28. The lowest BCUT2D eigenvalue weighted by Gasteiger charge is -2.09. The summed E-state index contributed by atoms with van der Waals surface area (Å²) < 4.78 is 5.36. The van der Waals surface area contributed by atoms with E-state index in [1.165, 1.54) is 6.07 Å². The van der Waals surface area contributed by atoms with Gasteiger partial charge in [-0.3, -0.25) is 4.79 Å². The summed E-state index contributed by atoms with van der Waals surface area (Å²) in [6.45, 7) is 0. The molecule has 0 spiro atoms. The fourth-order valence-electron chi connectivity index (χ4n) is 0.851. The quantitative estimate of drug-likeness (QED) is 0.728. The molecule has 0 fully saturated rings. The van der Waals surface area contributed by atoms with Gasteiger partial charge in [-0.2, -0.15) is 12.6 Å². The molecule has 0 bridgehead atoms. The van der Waals surface area contributed by atoms with Crippen molar-refractivity contribution in [3.8, 4) is 0 Å². The number of carbonyl (C=O) groups excluding carboxylic acids is 1. The van der Waals surface area contributed by atoms with Crippen LogP contribution in [0.25, 0.3) is 0 Å². The van der Waals surface area contributed by atoms with Gasteiger partial charge in [-0.05, 0) is 28.1 Å². The number of nitrogens with one attached hydrogen (secondary N) is 1. The van der Waals surface area contributed by atoms with Crippen LogP contribution in [0, 0.1) is 0 Å². The van der Waals surface area contributed by atoms with Crippen molar-refractivity contribution in [1.29, 1.82) is 0 Å². The van der Waals surface area contributed by atoms with Gasteiger partial charge in [0.25, 0.3) is 5.91 Å². The summed E-state index contributed by atoms with van der Waals surface area (Å²) in [5.74, 6) is -1.65. The first-order valence-electron chi connectivity index (χ1n) is 3.94. The summed E-state index contributed by atoms with van der Waals surface area (Å²) in [7, 11) is 0. The van der Waals surface area contributed by atoms with Gasteiger partial charge in [-0.1, -0.05) is 0 Å². The van der Waals surface area contributed by atoms with E-state index in [9.17, 15) is 9.59 Å². The summed E-state index contributed by atoms with van der Waals surface area (Å²) >= 11 is 6.85. The molecule has 1 atom stereocenters. The predicted octanol–water partition coefficient (Wildman–Crippen LogP) is 1.15. The van der Waals surface area contributed by atoms with Crippen molar-refractivity contribution in [3.63, 3.8) is 0 Å². The van der Waals surface area contributed by atoms with Gasteiger partial charge in [0, 0.05) is 5.75 Å². The Morgan fingerprint density at radius 2 is 2.27 bits per heavy atom. The minimum absolute atomic E-state index is 0.0168. The van der Waals surface area contributed by atoms with Crippen LogP contribution in [0.2, 0.25) is 0 Å². The van der Waals surface area contributed by atoms with E-state index in [1.807, 2.05) is 0 Å². The van der Waals surface area contributed by atoms with E-state index in [-0.39, 0.29) is 11.5 Å². The number of aliphatic carboxylic acids is 1. The number of thiol groups is 1. The maximum atomic E-state index is 11.4. The van der Waals surface area contributed by atoms with Crippen LogP contribution in [0.4, 0.5) is 0 Å². The first kappa shape index (κ1) is 12.1. The number of carbonyl (C=O) groups is 2. The molecule has 0 aromatic carbocycles. The summed E-state index contributed by atoms with van der Waals surface area (Å²) in [4.78, 5) is 22.0. The van der Waals surface area contributed by atoms with Gasteiger partial charge in [0.1, 0.15) is 6.04 Å². The van der Waals surface area contributed by atoms with E-state index in [0.29, 0.717) is 4.67 Å². The van der Waals surface area contributed by atoms with E-state index in [0.717, 1.165) is 0 Å². The third-order valence-electron chi connectivity index (χ3n) is 1.58. The Kier molecular flexibility index (Phi) is 4.22. The number of carboxylic acids is 1. The molecule has 5 nitrogen and oxygen atoms in total. The fraction of sp³-hybridized carbons (Fsp3) is 0.250. The zero-order valence-corrected chi connectivity index (χ0v) is 9.92. The van der Waals surface area contributed by atoms with Crippen molar-refractivity contribution in [2.45, 2.75) is 6.04 Å². The molecule has 7 heteroatoms. The molecule has 1 unspecified atom stereocenters. The van der Waals surface area contributed by atoms with Crippen LogP contribution in [0.15, 0.2) is 21.2 Å². The van der Waals surface area contributed by atoms with Crippen molar-refractivity contribution in [1.82, 2.24) is 5.32 Å². The van der Waals surface area contributed by atoms with Gasteiger partial charge >= 0.3 is 5.97 Å². The lowest BCUT2D eigenvalue weighted by molar-refractivity contribution is -0.138. The summed E-state index contributed by atoms with van der Waals surface area (Å²) in [6, 6.07) is 1.96. The monoisotopic (exact) mass is 293 g/mol. The van der Waals surface area contributed by atoms with Gasteiger partial charge in [0.15, 0.2) is 10.4 Å². The van der Waals surface area contributed by atoms with Crippen molar-refractivity contribution in [2.24, 2.45) is 0 Å². The molecule has 0 aliphatic heterocycles. The predicted molar refractivity (Wildman–Crippen MR) is 59.2 cm³/mol. The molecule has 15 heavy (non-hydrogen) atoms. The second-order valence-electron chi connectivity index (χ2n) is 2.65. The molecule has 2 N–H and O–H groups in total. The Hall–Kier alpha value is -0.950. The Bertz CT molecular complexity index is 378. The number of carboxylic acid groups (broad SMARTS) is 1. The normalized spacial score (nSPS) is 12.1. The van der Waals surface area contributed by atoms with Crippen LogP contribution in [0.3, 0.4) is 0 Å². The first-order valence-corrected chi connectivity index (χ1v) is 5.37. The van der Waals surface area contributed by atoms with Crippen LogP contribution in [0.5, 0.6) is 0 Å². The molecule has 0 saturated heterocycles. The van der Waals surface area contributed by atoms with Crippen molar-refractivity contribution in [3.05, 3.63) is 22.6 Å². The second kappa shape index (κ2) is 5.22. The molecule has 82 valence electrons. The average Bonchev–Trinajstić information content (AvgIpc) is 2.60. The van der Waals surface area contributed by atoms with Crippen LogP contribution >= 0.6 is 28.6 Å². The Morgan fingerprint density at radius 3 is 2.67 bits per heavy atom. The molecule has 1 heterocycles. The smallest absolute Gasteiger partial charge is 0.327 e. The Morgan fingerprint density at radius 1 is 1.60 bits per heavy atom.